The second kappa shape index (κ2) is 6.85. The Balaban J connectivity index is 1.56. The first-order valence-electron chi connectivity index (χ1n) is 9.04. The molecule has 2 heterocycles. The van der Waals surface area contributed by atoms with Crippen molar-refractivity contribution in [3.63, 3.8) is 0 Å². The van der Waals surface area contributed by atoms with Crippen LogP contribution < -0.4 is 9.62 Å². The zero-order chi connectivity index (χ0) is 18.1. The lowest BCUT2D eigenvalue weighted by Crippen LogP contribution is -2.39. The van der Waals surface area contributed by atoms with Gasteiger partial charge in [0, 0.05) is 19.5 Å². The predicted molar refractivity (Wildman–Crippen MR) is 101 cm³/mol. The van der Waals surface area contributed by atoms with Gasteiger partial charge in [-0.3, -0.25) is 4.79 Å². The quantitative estimate of drug-likeness (QED) is 0.879. The van der Waals surface area contributed by atoms with Crippen molar-refractivity contribution in [3.8, 4) is 0 Å². The van der Waals surface area contributed by atoms with Gasteiger partial charge in [0.1, 0.15) is 0 Å². The molecule has 2 aromatic rings. The summed E-state index contributed by atoms with van der Waals surface area (Å²) < 4.78 is 28.2. The lowest BCUT2D eigenvalue weighted by molar-refractivity contribution is -0.119. The Labute approximate surface area is 154 Å². The van der Waals surface area contributed by atoms with Crippen molar-refractivity contribution in [2.45, 2.75) is 37.0 Å². The van der Waals surface area contributed by atoms with Crippen LogP contribution in [0.4, 0.5) is 5.69 Å². The SMILES string of the molecule is O=C1CCc2cc(S(=O)(=O)NCCc3ccccc3)cc3c2N1CCC3. The molecule has 0 saturated heterocycles. The normalized spacial score (nSPS) is 16.5. The van der Waals surface area contributed by atoms with E-state index < -0.39 is 10.0 Å². The molecule has 0 aliphatic carbocycles. The highest BCUT2D eigenvalue weighted by molar-refractivity contribution is 7.89. The minimum atomic E-state index is -3.56. The van der Waals surface area contributed by atoms with E-state index in [9.17, 15) is 13.2 Å². The van der Waals surface area contributed by atoms with Gasteiger partial charge in [-0.1, -0.05) is 30.3 Å². The molecule has 1 amide bonds. The average molecular weight is 370 g/mol. The molecule has 4 rings (SSSR count). The van der Waals surface area contributed by atoms with E-state index in [1.165, 1.54) is 0 Å². The number of hydrogen-bond acceptors (Lipinski definition) is 3. The van der Waals surface area contributed by atoms with Crippen LogP contribution in [-0.2, 0) is 34.1 Å². The van der Waals surface area contributed by atoms with Crippen molar-refractivity contribution in [1.82, 2.24) is 4.72 Å². The molecule has 26 heavy (non-hydrogen) atoms. The van der Waals surface area contributed by atoms with E-state index >= 15 is 0 Å². The van der Waals surface area contributed by atoms with Gasteiger partial charge in [0.2, 0.25) is 15.9 Å². The second-order valence-electron chi connectivity index (χ2n) is 6.87. The highest BCUT2D eigenvalue weighted by Gasteiger charge is 2.31. The first-order chi connectivity index (χ1) is 12.5. The Morgan fingerprint density at radius 2 is 1.73 bits per heavy atom. The molecule has 2 aliphatic rings. The standard InChI is InChI=1S/C20H22N2O3S/c23-19-9-8-17-14-18(13-16-7-4-12-22(19)20(16)17)26(24,25)21-11-10-15-5-2-1-3-6-15/h1-3,5-6,13-14,21H,4,7-12H2. The molecule has 2 aliphatic heterocycles. The fourth-order valence-corrected chi connectivity index (χ4v) is 4.97. The number of anilines is 1. The smallest absolute Gasteiger partial charge is 0.240 e. The van der Waals surface area contributed by atoms with Gasteiger partial charge in [-0.25, -0.2) is 13.1 Å². The molecule has 0 atom stereocenters. The summed E-state index contributed by atoms with van der Waals surface area (Å²) in [6, 6.07) is 13.3. The largest absolute Gasteiger partial charge is 0.312 e. The van der Waals surface area contributed by atoms with E-state index in [0.29, 0.717) is 30.7 Å². The first kappa shape index (κ1) is 17.2. The third-order valence-electron chi connectivity index (χ3n) is 5.11. The second-order valence-corrected chi connectivity index (χ2v) is 8.64. The summed E-state index contributed by atoms with van der Waals surface area (Å²) in [6.45, 7) is 1.10. The van der Waals surface area contributed by atoms with Gasteiger partial charge in [0.25, 0.3) is 0 Å². The molecule has 1 N–H and O–H groups in total. The van der Waals surface area contributed by atoms with Crippen LogP contribution in [0.25, 0.3) is 0 Å². The Bertz CT molecular complexity index is 922. The number of hydrogen-bond donors (Lipinski definition) is 1. The summed E-state index contributed by atoms with van der Waals surface area (Å²) in [7, 11) is -3.56. The third kappa shape index (κ3) is 3.27. The Hall–Kier alpha value is -2.18. The van der Waals surface area contributed by atoms with Gasteiger partial charge in [0.15, 0.2) is 0 Å². The number of benzene rings is 2. The number of sulfonamides is 1. The summed E-state index contributed by atoms with van der Waals surface area (Å²) >= 11 is 0. The van der Waals surface area contributed by atoms with Crippen LogP contribution in [-0.4, -0.2) is 27.4 Å². The summed E-state index contributed by atoms with van der Waals surface area (Å²) in [5.74, 6) is 0.148. The van der Waals surface area contributed by atoms with Crippen molar-refractivity contribution < 1.29 is 13.2 Å². The van der Waals surface area contributed by atoms with E-state index in [1.807, 2.05) is 35.2 Å². The van der Waals surface area contributed by atoms with Crippen molar-refractivity contribution >= 4 is 21.6 Å². The highest BCUT2D eigenvalue weighted by Crippen LogP contribution is 2.37. The van der Waals surface area contributed by atoms with E-state index in [4.69, 9.17) is 0 Å². The van der Waals surface area contributed by atoms with Crippen LogP contribution in [0, 0.1) is 0 Å². The first-order valence-corrected chi connectivity index (χ1v) is 10.5. The minimum Gasteiger partial charge on any atom is -0.312 e. The summed E-state index contributed by atoms with van der Waals surface area (Å²) in [4.78, 5) is 14.3. The number of nitrogens with zero attached hydrogens (tertiary/aromatic N) is 1. The molecule has 136 valence electrons. The molecular weight excluding hydrogens is 348 g/mol. The van der Waals surface area contributed by atoms with E-state index in [1.54, 1.807) is 12.1 Å². The number of aryl methyl sites for hydroxylation is 2. The topological polar surface area (TPSA) is 66.5 Å². The third-order valence-corrected chi connectivity index (χ3v) is 6.55. The van der Waals surface area contributed by atoms with Crippen LogP contribution >= 0.6 is 0 Å². The van der Waals surface area contributed by atoms with Crippen molar-refractivity contribution in [3.05, 3.63) is 59.2 Å². The Morgan fingerprint density at radius 3 is 2.50 bits per heavy atom. The summed E-state index contributed by atoms with van der Waals surface area (Å²) in [5, 5.41) is 0. The molecule has 0 bridgehead atoms. The van der Waals surface area contributed by atoms with Gasteiger partial charge in [0.05, 0.1) is 10.6 Å². The van der Waals surface area contributed by atoms with E-state index in [2.05, 4.69) is 4.72 Å². The Morgan fingerprint density at radius 1 is 1.00 bits per heavy atom. The molecule has 0 saturated carbocycles. The van der Waals surface area contributed by atoms with Gasteiger partial charge in [-0.15, -0.1) is 0 Å². The van der Waals surface area contributed by atoms with Crippen molar-refractivity contribution in [2.24, 2.45) is 0 Å². The van der Waals surface area contributed by atoms with Crippen molar-refractivity contribution in [2.75, 3.05) is 18.0 Å². The molecule has 0 aromatic heterocycles. The minimum absolute atomic E-state index is 0.148. The fourth-order valence-electron chi connectivity index (χ4n) is 3.83. The van der Waals surface area contributed by atoms with Crippen LogP contribution in [0.3, 0.4) is 0 Å². The van der Waals surface area contributed by atoms with E-state index in [-0.39, 0.29) is 5.91 Å². The maximum atomic E-state index is 12.7. The number of rotatable bonds is 5. The molecular formula is C20H22N2O3S. The zero-order valence-corrected chi connectivity index (χ0v) is 15.4. The number of amides is 1. The monoisotopic (exact) mass is 370 g/mol. The molecule has 0 unspecified atom stereocenters. The maximum Gasteiger partial charge on any atom is 0.240 e. The predicted octanol–water partition coefficient (Wildman–Crippen LogP) is 2.43. The van der Waals surface area contributed by atoms with Gasteiger partial charge in [-0.05, 0) is 54.5 Å². The lowest BCUT2D eigenvalue weighted by Gasteiger charge is -2.35. The lowest BCUT2D eigenvalue weighted by atomic mass is 9.92. The summed E-state index contributed by atoms with van der Waals surface area (Å²) in [5.41, 5.74) is 4.01. The molecule has 0 radical (unpaired) electrons. The van der Waals surface area contributed by atoms with Gasteiger partial charge < -0.3 is 4.90 Å². The maximum absolute atomic E-state index is 12.7. The van der Waals surface area contributed by atoms with E-state index in [0.717, 1.165) is 41.8 Å². The molecule has 5 nitrogen and oxygen atoms in total. The van der Waals surface area contributed by atoms with Gasteiger partial charge >= 0.3 is 0 Å². The molecule has 0 spiro atoms. The van der Waals surface area contributed by atoms with Crippen LogP contribution in [0.15, 0.2) is 47.4 Å². The van der Waals surface area contributed by atoms with Gasteiger partial charge in [-0.2, -0.15) is 0 Å². The fraction of sp³-hybridized carbons (Fsp3) is 0.350. The molecule has 2 aromatic carbocycles. The highest BCUT2D eigenvalue weighted by atomic mass is 32.2. The zero-order valence-electron chi connectivity index (χ0n) is 14.6. The van der Waals surface area contributed by atoms with Crippen LogP contribution in [0.5, 0.6) is 0 Å². The van der Waals surface area contributed by atoms with Crippen LogP contribution in [0.2, 0.25) is 0 Å². The summed E-state index contributed by atoms with van der Waals surface area (Å²) in [6.07, 6.45) is 3.42. The van der Waals surface area contributed by atoms with Crippen LogP contribution in [0.1, 0.15) is 29.5 Å². The number of carbonyl (C=O) groups is 1. The van der Waals surface area contributed by atoms with Crippen molar-refractivity contribution in [1.29, 1.82) is 0 Å². The Kier molecular flexibility index (Phi) is 4.54. The number of carbonyl (C=O) groups excluding carboxylic acids is 1. The average Bonchev–Trinajstić information content (AvgIpc) is 2.65. The molecule has 0 fully saturated rings. The number of nitrogens with one attached hydrogen (secondary N) is 1. The molecule has 6 heteroatoms.